The SMILES string of the molecule is Nc1cccc2c1CCN2Cc1ccc(F)cc1F. The summed E-state index contributed by atoms with van der Waals surface area (Å²) in [6.45, 7) is 1.24. The van der Waals surface area contributed by atoms with Crippen LogP contribution in [0.25, 0.3) is 0 Å². The molecule has 0 radical (unpaired) electrons. The molecule has 4 heteroatoms. The highest BCUT2D eigenvalue weighted by Gasteiger charge is 2.21. The van der Waals surface area contributed by atoms with Crippen LogP contribution in [0.1, 0.15) is 11.1 Å². The predicted octanol–water partition coefficient (Wildman–Crippen LogP) is 3.11. The van der Waals surface area contributed by atoms with Gasteiger partial charge in [0, 0.05) is 41.7 Å². The van der Waals surface area contributed by atoms with Crippen molar-refractivity contribution in [2.75, 3.05) is 17.2 Å². The summed E-state index contributed by atoms with van der Waals surface area (Å²) < 4.78 is 26.6. The van der Waals surface area contributed by atoms with Crippen molar-refractivity contribution in [1.82, 2.24) is 0 Å². The van der Waals surface area contributed by atoms with Crippen molar-refractivity contribution in [3.05, 3.63) is 59.2 Å². The summed E-state index contributed by atoms with van der Waals surface area (Å²) in [4.78, 5) is 2.07. The Morgan fingerprint density at radius 2 is 2.00 bits per heavy atom. The second-order valence-corrected chi connectivity index (χ2v) is 4.75. The van der Waals surface area contributed by atoms with Crippen LogP contribution >= 0.6 is 0 Å². The van der Waals surface area contributed by atoms with Crippen LogP contribution in [-0.2, 0) is 13.0 Å². The highest BCUT2D eigenvalue weighted by Crippen LogP contribution is 2.33. The van der Waals surface area contributed by atoms with Gasteiger partial charge >= 0.3 is 0 Å². The third-order valence-corrected chi connectivity index (χ3v) is 3.54. The number of anilines is 2. The van der Waals surface area contributed by atoms with Crippen molar-refractivity contribution >= 4 is 11.4 Å². The minimum absolute atomic E-state index is 0.433. The van der Waals surface area contributed by atoms with E-state index >= 15 is 0 Å². The summed E-state index contributed by atoms with van der Waals surface area (Å²) in [7, 11) is 0. The number of halogens is 2. The summed E-state index contributed by atoms with van der Waals surface area (Å²) >= 11 is 0. The Labute approximate surface area is 110 Å². The fraction of sp³-hybridized carbons (Fsp3) is 0.200. The van der Waals surface area contributed by atoms with Crippen LogP contribution in [0.3, 0.4) is 0 Å². The molecule has 2 aromatic rings. The van der Waals surface area contributed by atoms with E-state index in [0.29, 0.717) is 12.1 Å². The Morgan fingerprint density at radius 1 is 1.16 bits per heavy atom. The van der Waals surface area contributed by atoms with Crippen molar-refractivity contribution in [2.45, 2.75) is 13.0 Å². The van der Waals surface area contributed by atoms with E-state index in [-0.39, 0.29) is 0 Å². The van der Waals surface area contributed by atoms with E-state index in [9.17, 15) is 8.78 Å². The fourth-order valence-electron chi connectivity index (χ4n) is 2.55. The lowest BCUT2D eigenvalue weighted by atomic mass is 10.1. The maximum Gasteiger partial charge on any atom is 0.131 e. The van der Waals surface area contributed by atoms with Gasteiger partial charge in [0.1, 0.15) is 11.6 Å². The maximum absolute atomic E-state index is 13.7. The van der Waals surface area contributed by atoms with Crippen molar-refractivity contribution in [3.8, 4) is 0 Å². The van der Waals surface area contributed by atoms with E-state index in [1.54, 1.807) is 0 Å². The van der Waals surface area contributed by atoms with Gasteiger partial charge in [-0.05, 0) is 24.6 Å². The van der Waals surface area contributed by atoms with Crippen molar-refractivity contribution < 1.29 is 8.78 Å². The molecule has 0 atom stereocenters. The number of nitrogens with two attached hydrogens (primary N) is 1. The van der Waals surface area contributed by atoms with Crippen LogP contribution in [0, 0.1) is 11.6 Å². The average molecular weight is 260 g/mol. The zero-order chi connectivity index (χ0) is 13.4. The lowest BCUT2D eigenvalue weighted by Crippen LogP contribution is -2.20. The zero-order valence-electron chi connectivity index (χ0n) is 10.4. The normalized spacial score (nSPS) is 13.7. The molecule has 1 aliphatic rings. The Hall–Kier alpha value is -2.10. The molecule has 3 rings (SSSR count). The first-order valence-electron chi connectivity index (χ1n) is 6.21. The molecule has 2 aromatic carbocycles. The molecule has 2 N–H and O–H groups in total. The Balaban J connectivity index is 1.89. The van der Waals surface area contributed by atoms with Crippen LogP contribution in [0.2, 0.25) is 0 Å². The van der Waals surface area contributed by atoms with E-state index in [0.717, 1.165) is 36.0 Å². The number of hydrogen-bond donors (Lipinski definition) is 1. The molecule has 1 aliphatic heterocycles. The molecule has 19 heavy (non-hydrogen) atoms. The fourth-order valence-corrected chi connectivity index (χ4v) is 2.55. The molecule has 0 unspecified atom stereocenters. The number of rotatable bonds is 2. The Kier molecular flexibility index (Phi) is 2.85. The molecule has 0 aromatic heterocycles. The lowest BCUT2D eigenvalue weighted by molar-refractivity contribution is 0.570. The van der Waals surface area contributed by atoms with E-state index in [1.807, 2.05) is 18.2 Å². The van der Waals surface area contributed by atoms with Gasteiger partial charge in [-0.1, -0.05) is 12.1 Å². The van der Waals surface area contributed by atoms with Gasteiger partial charge < -0.3 is 10.6 Å². The Morgan fingerprint density at radius 3 is 2.79 bits per heavy atom. The first kappa shape index (κ1) is 12.0. The number of nitrogen functional groups attached to an aromatic ring is 1. The third-order valence-electron chi connectivity index (χ3n) is 3.54. The van der Waals surface area contributed by atoms with Gasteiger partial charge in [0.15, 0.2) is 0 Å². The molecule has 0 saturated carbocycles. The molecule has 0 spiro atoms. The van der Waals surface area contributed by atoms with Gasteiger partial charge in [-0.2, -0.15) is 0 Å². The van der Waals surface area contributed by atoms with Gasteiger partial charge in [0.25, 0.3) is 0 Å². The number of benzene rings is 2. The van der Waals surface area contributed by atoms with Gasteiger partial charge in [-0.25, -0.2) is 8.78 Å². The standard InChI is InChI=1S/C15H14F2N2/c16-11-5-4-10(13(17)8-11)9-19-7-6-12-14(18)2-1-3-15(12)19/h1-5,8H,6-7,9,18H2. The highest BCUT2D eigenvalue weighted by atomic mass is 19.1. The molecule has 98 valence electrons. The van der Waals surface area contributed by atoms with Gasteiger partial charge in [-0.15, -0.1) is 0 Å². The van der Waals surface area contributed by atoms with Crippen LogP contribution < -0.4 is 10.6 Å². The summed E-state index contributed by atoms with van der Waals surface area (Å²) in [5.74, 6) is -1.05. The topological polar surface area (TPSA) is 29.3 Å². The molecule has 1 heterocycles. The third kappa shape index (κ3) is 2.14. The minimum atomic E-state index is -0.549. The summed E-state index contributed by atoms with van der Waals surface area (Å²) in [5.41, 5.74) is 9.36. The molecule has 0 fully saturated rings. The number of hydrogen-bond acceptors (Lipinski definition) is 2. The average Bonchev–Trinajstić information content (AvgIpc) is 2.78. The monoisotopic (exact) mass is 260 g/mol. The molecule has 0 amide bonds. The largest absolute Gasteiger partial charge is 0.398 e. The Bertz CT molecular complexity index is 626. The maximum atomic E-state index is 13.7. The first-order valence-corrected chi connectivity index (χ1v) is 6.21. The van der Waals surface area contributed by atoms with Crippen LogP contribution in [0.4, 0.5) is 20.2 Å². The smallest absolute Gasteiger partial charge is 0.131 e. The van der Waals surface area contributed by atoms with Crippen LogP contribution in [-0.4, -0.2) is 6.54 Å². The summed E-state index contributed by atoms with van der Waals surface area (Å²) in [6.07, 6.45) is 0.866. The van der Waals surface area contributed by atoms with E-state index in [1.165, 1.54) is 12.1 Å². The minimum Gasteiger partial charge on any atom is -0.398 e. The highest BCUT2D eigenvalue weighted by molar-refractivity contribution is 5.68. The second kappa shape index (κ2) is 4.53. The van der Waals surface area contributed by atoms with Gasteiger partial charge in [0.05, 0.1) is 0 Å². The zero-order valence-corrected chi connectivity index (χ0v) is 10.4. The molecule has 0 saturated heterocycles. The van der Waals surface area contributed by atoms with Gasteiger partial charge in [0.2, 0.25) is 0 Å². The summed E-state index contributed by atoms with van der Waals surface area (Å²) in [6, 6.07) is 9.46. The molecule has 2 nitrogen and oxygen atoms in total. The first-order chi connectivity index (χ1) is 9.15. The van der Waals surface area contributed by atoms with Crippen LogP contribution in [0.5, 0.6) is 0 Å². The lowest BCUT2D eigenvalue weighted by Gasteiger charge is -2.20. The van der Waals surface area contributed by atoms with E-state index in [2.05, 4.69) is 4.90 Å². The second-order valence-electron chi connectivity index (χ2n) is 4.75. The van der Waals surface area contributed by atoms with Crippen molar-refractivity contribution in [3.63, 3.8) is 0 Å². The predicted molar refractivity (Wildman–Crippen MR) is 72.0 cm³/mol. The quantitative estimate of drug-likeness (QED) is 0.841. The van der Waals surface area contributed by atoms with E-state index in [4.69, 9.17) is 5.73 Å². The summed E-state index contributed by atoms with van der Waals surface area (Å²) in [5, 5.41) is 0. The molecular formula is C15H14F2N2. The molecular weight excluding hydrogens is 246 g/mol. The number of fused-ring (bicyclic) bond motifs is 1. The number of nitrogens with zero attached hydrogens (tertiary/aromatic N) is 1. The van der Waals surface area contributed by atoms with Crippen molar-refractivity contribution in [2.24, 2.45) is 0 Å². The molecule has 0 aliphatic carbocycles. The molecule has 0 bridgehead atoms. The van der Waals surface area contributed by atoms with Crippen molar-refractivity contribution in [1.29, 1.82) is 0 Å². The van der Waals surface area contributed by atoms with E-state index < -0.39 is 11.6 Å². The van der Waals surface area contributed by atoms with Crippen LogP contribution in [0.15, 0.2) is 36.4 Å². The van der Waals surface area contributed by atoms with Gasteiger partial charge in [-0.3, -0.25) is 0 Å².